The number of hydrogen-bond donors (Lipinski definition) is 1. The van der Waals surface area contributed by atoms with Gasteiger partial charge in [0.1, 0.15) is 5.75 Å². The third kappa shape index (κ3) is 4.24. The molecule has 1 aromatic carbocycles. The van der Waals surface area contributed by atoms with Crippen molar-refractivity contribution in [2.24, 2.45) is 0 Å². The van der Waals surface area contributed by atoms with E-state index in [1.165, 1.54) is 0 Å². The van der Waals surface area contributed by atoms with E-state index < -0.39 is 0 Å². The Hall–Kier alpha value is -0.380. The Bertz CT molecular complexity index is 331. The Morgan fingerprint density at radius 3 is 2.88 bits per heavy atom. The highest BCUT2D eigenvalue weighted by molar-refractivity contribution is 7.98. The number of ether oxygens (including phenoxy) is 1. The van der Waals surface area contributed by atoms with E-state index in [0.717, 1.165) is 23.5 Å². The molecule has 0 fully saturated rings. The summed E-state index contributed by atoms with van der Waals surface area (Å²) < 4.78 is 5.23. The van der Waals surface area contributed by atoms with Crippen LogP contribution < -0.4 is 4.74 Å². The second-order valence-corrected chi connectivity index (χ2v) is 5.02. The molecule has 4 heteroatoms. The molecule has 2 nitrogen and oxygen atoms in total. The fourth-order valence-corrected chi connectivity index (χ4v) is 2.22. The molecule has 1 unspecified atom stereocenters. The van der Waals surface area contributed by atoms with Gasteiger partial charge in [0.25, 0.3) is 0 Å². The standard InChI is InChI=1S/C12H17ClO2S/c1-15-12-4-3-10(13)7-9(12)8-11(14)5-6-16-2/h3-4,7,11,14H,5-6,8H2,1-2H3. The smallest absolute Gasteiger partial charge is 0.122 e. The normalized spacial score (nSPS) is 12.5. The Labute approximate surface area is 106 Å². The van der Waals surface area contributed by atoms with Gasteiger partial charge in [0.05, 0.1) is 13.2 Å². The highest BCUT2D eigenvalue weighted by atomic mass is 35.5. The lowest BCUT2D eigenvalue weighted by atomic mass is 10.1. The van der Waals surface area contributed by atoms with Crippen LogP contribution in [0.3, 0.4) is 0 Å². The summed E-state index contributed by atoms with van der Waals surface area (Å²) in [4.78, 5) is 0. The maximum absolute atomic E-state index is 9.83. The molecule has 0 saturated carbocycles. The molecular formula is C12H17ClO2S. The van der Waals surface area contributed by atoms with E-state index in [-0.39, 0.29) is 6.10 Å². The molecule has 1 N–H and O–H groups in total. The predicted octanol–water partition coefficient (Wildman–Crippen LogP) is 3.01. The number of hydrogen-bond acceptors (Lipinski definition) is 3. The molecule has 0 aliphatic rings. The van der Waals surface area contributed by atoms with Crippen molar-refractivity contribution >= 4 is 23.4 Å². The van der Waals surface area contributed by atoms with Gasteiger partial charge >= 0.3 is 0 Å². The van der Waals surface area contributed by atoms with Gasteiger partial charge in [-0.05, 0) is 42.2 Å². The van der Waals surface area contributed by atoms with Gasteiger partial charge in [-0.3, -0.25) is 0 Å². The maximum Gasteiger partial charge on any atom is 0.122 e. The maximum atomic E-state index is 9.83. The van der Waals surface area contributed by atoms with E-state index in [0.29, 0.717) is 11.4 Å². The molecule has 0 saturated heterocycles. The van der Waals surface area contributed by atoms with Crippen LogP contribution in [0.2, 0.25) is 5.02 Å². The van der Waals surface area contributed by atoms with Crippen molar-refractivity contribution < 1.29 is 9.84 Å². The summed E-state index contributed by atoms with van der Waals surface area (Å²) in [6, 6.07) is 5.47. The molecule has 0 aliphatic carbocycles. The number of halogens is 1. The van der Waals surface area contributed by atoms with Crippen LogP contribution >= 0.6 is 23.4 Å². The van der Waals surface area contributed by atoms with E-state index >= 15 is 0 Å². The Morgan fingerprint density at radius 2 is 2.25 bits per heavy atom. The topological polar surface area (TPSA) is 29.5 Å². The third-order valence-electron chi connectivity index (χ3n) is 2.35. The van der Waals surface area contributed by atoms with Crippen molar-refractivity contribution in [1.82, 2.24) is 0 Å². The molecule has 0 aliphatic heterocycles. The Morgan fingerprint density at radius 1 is 1.50 bits per heavy atom. The molecule has 1 rings (SSSR count). The zero-order valence-electron chi connectivity index (χ0n) is 9.57. The first kappa shape index (κ1) is 13.7. The molecule has 0 aromatic heterocycles. The van der Waals surface area contributed by atoms with Crippen LogP contribution in [0.5, 0.6) is 5.75 Å². The van der Waals surface area contributed by atoms with Gasteiger partial charge < -0.3 is 9.84 Å². The summed E-state index contributed by atoms with van der Waals surface area (Å²) in [5.74, 6) is 1.75. The molecule has 16 heavy (non-hydrogen) atoms. The first-order valence-corrected chi connectivity index (χ1v) is 6.94. The van der Waals surface area contributed by atoms with Crippen molar-refractivity contribution in [2.45, 2.75) is 18.9 Å². The number of methoxy groups -OCH3 is 1. The largest absolute Gasteiger partial charge is 0.496 e. The Kier molecular flexibility index (Phi) is 6.03. The van der Waals surface area contributed by atoms with E-state index in [9.17, 15) is 5.11 Å². The zero-order chi connectivity index (χ0) is 12.0. The first-order chi connectivity index (χ1) is 7.67. The van der Waals surface area contributed by atoms with E-state index in [1.807, 2.05) is 18.4 Å². The second-order valence-electron chi connectivity index (χ2n) is 3.60. The average molecular weight is 261 g/mol. The number of aliphatic hydroxyl groups excluding tert-OH is 1. The molecule has 0 amide bonds. The lowest BCUT2D eigenvalue weighted by molar-refractivity contribution is 0.171. The van der Waals surface area contributed by atoms with Crippen LogP contribution in [0.15, 0.2) is 18.2 Å². The molecule has 1 atom stereocenters. The highest BCUT2D eigenvalue weighted by Gasteiger charge is 2.10. The number of aliphatic hydroxyl groups is 1. The first-order valence-electron chi connectivity index (χ1n) is 5.16. The van der Waals surface area contributed by atoms with Gasteiger partial charge in [-0.25, -0.2) is 0 Å². The number of thioether (sulfide) groups is 1. The Balaban J connectivity index is 2.67. The van der Waals surface area contributed by atoms with Crippen molar-refractivity contribution in [3.63, 3.8) is 0 Å². The summed E-state index contributed by atoms with van der Waals surface area (Å²) in [7, 11) is 1.63. The van der Waals surface area contributed by atoms with Crippen LogP contribution in [-0.2, 0) is 6.42 Å². The quantitative estimate of drug-likeness (QED) is 0.853. The van der Waals surface area contributed by atoms with Crippen LogP contribution in [0, 0.1) is 0 Å². The average Bonchev–Trinajstić information content (AvgIpc) is 2.27. The minimum Gasteiger partial charge on any atom is -0.496 e. The fourth-order valence-electron chi connectivity index (χ4n) is 1.52. The number of rotatable bonds is 6. The molecule has 1 aromatic rings. The monoisotopic (exact) mass is 260 g/mol. The lowest BCUT2D eigenvalue weighted by Crippen LogP contribution is -2.12. The van der Waals surface area contributed by atoms with E-state index in [4.69, 9.17) is 16.3 Å². The summed E-state index contributed by atoms with van der Waals surface area (Å²) in [5, 5.41) is 10.5. The second kappa shape index (κ2) is 7.05. The highest BCUT2D eigenvalue weighted by Crippen LogP contribution is 2.24. The zero-order valence-corrected chi connectivity index (χ0v) is 11.1. The molecule has 0 spiro atoms. The van der Waals surface area contributed by atoms with Crippen LogP contribution in [0.4, 0.5) is 0 Å². The van der Waals surface area contributed by atoms with Gasteiger partial charge in [0.15, 0.2) is 0 Å². The minimum absolute atomic E-state index is 0.334. The minimum atomic E-state index is -0.334. The van der Waals surface area contributed by atoms with Crippen LogP contribution in [0.1, 0.15) is 12.0 Å². The molecular weight excluding hydrogens is 244 g/mol. The summed E-state index contributed by atoms with van der Waals surface area (Å²) >= 11 is 7.66. The van der Waals surface area contributed by atoms with Gasteiger partial charge in [-0.15, -0.1) is 0 Å². The molecule has 0 heterocycles. The van der Waals surface area contributed by atoms with E-state index in [2.05, 4.69) is 0 Å². The van der Waals surface area contributed by atoms with Crippen molar-refractivity contribution in [1.29, 1.82) is 0 Å². The fraction of sp³-hybridized carbons (Fsp3) is 0.500. The van der Waals surface area contributed by atoms with Crippen molar-refractivity contribution in [3.8, 4) is 5.75 Å². The van der Waals surface area contributed by atoms with Crippen molar-refractivity contribution in [2.75, 3.05) is 19.1 Å². The molecule has 90 valence electrons. The summed E-state index contributed by atoms with van der Waals surface area (Å²) in [6.07, 6.45) is 3.08. The number of benzene rings is 1. The van der Waals surface area contributed by atoms with Gasteiger partial charge in [0.2, 0.25) is 0 Å². The van der Waals surface area contributed by atoms with Gasteiger partial charge in [-0.1, -0.05) is 11.6 Å². The molecule has 0 bridgehead atoms. The van der Waals surface area contributed by atoms with Gasteiger partial charge in [-0.2, -0.15) is 11.8 Å². The summed E-state index contributed by atoms with van der Waals surface area (Å²) in [5.41, 5.74) is 0.962. The van der Waals surface area contributed by atoms with Crippen molar-refractivity contribution in [3.05, 3.63) is 28.8 Å². The van der Waals surface area contributed by atoms with Gasteiger partial charge in [0, 0.05) is 11.4 Å². The predicted molar refractivity (Wildman–Crippen MR) is 70.7 cm³/mol. The SMILES string of the molecule is COc1ccc(Cl)cc1CC(O)CCSC. The van der Waals surface area contributed by atoms with Crippen LogP contribution in [0.25, 0.3) is 0 Å². The van der Waals surface area contributed by atoms with E-state index in [1.54, 1.807) is 24.9 Å². The molecule has 0 radical (unpaired) electrons. The summed E-state index contributed by atoms with van der Waals surface area (Å²) in [6.45, 7) is 0. The lowest BCUT2D eigenvalue weighted by Gasteiger charge is -2.13. The third-order valence-corrected chi connectivity index (χ3v) is 3.23. The van der Waals surface area contributed by atoms with Crippen LogP contribution in [-0.4, -0.2) is 30.3 Å².